The zero-order chi connectivity index (χ0) is 17.0. The minimum Gasteiger partial charge on any atom is -0.381 e. The van der Waals surface area contributed by atoms with Crippen LogP contribution in [0.4, 0.5) is 9.18 Å². The van der Waals surface area contributed by atoms with E-state index in [9.17, 15) is 9.18 Å². The van der Waals surface area contributed by atoms with Crippen molar-refractivity contribution in [3.05, 3.63) is 35.6 Å². The molecule has 132 valence electrons. The number of amides is 2. The first-order valence-electron chi connectivity index (χ1n) is 9.00. The smallest absolute Gasteiger partial charge is 0.317 e. The monoisotopic (exact) mass is 334 g/mol. The number of piperidine rings is 1. The van der Waals surface area contributed by atoms with Crippen molar-refractivity contribution in [2.24, 2.45) is 5.41 Å². The van der Waals surface area contributed by atoms with Crippen LogP contribution in [0.5, 0.6) is 0 Å². The number of hydrogen-bond acceptors (Lipinski definition) is 2. The molecule has 24 heavy (non-hydrogen) atoms. The molecule has 1 atom stereocenters. The van der Waals surface area contributed by atoms with Crippen LogP contribution in [0.25, 0.3) is 0 Å². The summed E-state index contributed by atoms with van der Waals surface area (Å²) >= 11 is 0. The predicted molar refractivity (Wildman–Crippen MR) is 91.3 cm³/mol. The van der Waals surface area contributed by atoms with Crippen molar-refractivity contribution in [3.8, 4) is 0 Å². The van der Waals surface area contributed by atoms with Gasteiger partial charge < -0.3 is 15.0 Å². The van der Waals surface area contributed by atoms with Gasteiger partial charge >= 0.3 is 6.03 Å². The van der Waals surface area contributed by atoms with Crippen molar-refractivity contribution >= 4 is 6.03 Å². The normalized spacial score (nSPS) is 21.5. The topological polar surface area (TPSA) is 41.6 Å². The predicted octanol–water partition coefficient (Wildman–Crippen LogP) is 3.88. The van der Waals surface area contributed by atoms with Crippen LogP contribution in [-0.2, 0) is 4.74 Å². The second-order valence-corrected chi connectivity index (χ2v) is 7.10. The average molecular weight is 334 g/mol. The number of urea groups is 1. The summed E-state index contributed by atoms with van der Waals surface area (Å²) in [7, 11) is 0. The number of halogens is 1. The summed E-state index contributed by atoms with van der Waals surface area (Å²) in [5.74, 6) is -0.252. The first kappa shape index (κ1) is 17.2. The van der Waals surface area contributed by atoms with E-state index in [1.165, 1.54) is 18.6 Å². The number of rotatable bonds is 3. The molecule has 2 amide bonds. The third-order valence-corrected chi connectivity index (χ3v) is 5.48. The van der Waals surface area contributed by atoms with E-state index in [1.54, 1.807) is 12.1 Å². The van der Waals surface area contributed by atoms with Crippen LogP contribution in [0.3, 0.4) is 0 Å². The van der Waals surface area contributed by atoms with Gasteiger partial charge in [0.15, 0.2) is 0 Å². The first-order valence-corrected chi connectivity index (χ1v) is 9.00. The Bertz CT molecular complexity index is 549. The van der Waals surface area contributed by atoms with Gasteiger partial charge in [0.1, 0.15) is 5.82 Å². The summed E-state index contributed by atoms with van der Waals surface area (Å²) in [5, 5.41) is 3.13. The number of likely N-dealkylation sites (tertiary alicyclic amines) is 1. The summed E-state index contributed by atoms with van der Waals surface area (Å²) in [4.78, 5) is 14.7. The van der Waals surface area contributed by atoms with Gasteiger partial charge in [-0.3, -0.25) is 0 Å². The van der Waals surface area contributed by atoms with Gasteiger partial charge in [0.2, 0.25) is 0 Å². The van der Waals surface area contributed by atoms with Crippen molar-refractivity contribution in [2.75, 3.05) is 26.3 Å². The summed E-state index contributed by atoms with van der Waals surface area (Å²) in [5.41, 5.74) is 1.19. The molecule has 2 fully saturated rings. The maximum absolute atomic E-state index is 13.1. The van der Waals surface area contributed by atoms with Gasteiger partial charge in [-0.1, -0.05) is 19.1 Å². The highest BCUT2D eigenvalue weighted by Gasteiger charge is 2.38. The molecule has 1 N–H and O–H groups in total. The zero-order valence-corrected chi connectivity index (χ0v) is 14.4. The summed E-state index contributed by atoms with van der Waals surface area (Å²) in [6.07, 6.45) is 5.12. The van der Waals surface area contributed by atoms with Gasteiger partial charge in [-0.2, -0.15) is 0 Å². The fourth-order valence-electron chi connectivity index (χ4n) is 3.95. The van der Waals surface area contributed by atoms with Crippen LogP contribution in [-0.4, -0.2) is 37.2 Å². The molecule has 3 rings (SSSR count). The third-order valence-electron chi connectivity index (χ3n) is 5.48. The maximum atomic E-state index is 13.1. The molecule has 2 saturated heterocycles. The molecular weight excluding hydrogens is 307 g/mol. The lowest BCUT2D eigenvalue weighted by atomic mass is 9.74. The fourth-order valence-corrected chi connectivity index (χ4v) is 3.95. The Hall–Kier alpha value is -1.62. The lowest BCUT2D eigenvalue weighted by Crippen LogP contribution is -2.51. The van der Waals surface area contributed by atoms with Crippen molar-refractivity contribution < 1.29 is 13.9 Å². The maximum Gasteiger partial charge on any atom is 0.317 e. The molecule has 5 heteroatoms. The molecular formula is C19H27FN2O2. The Labute approximate surface area is 143 Å². The molecule has 0 bridgehead atoms. The Morgan fingerprint density at radius 2 is 2.00 bits per heavy atom. The van der Waals surface area contributed by atoms with E-state index < -0.39 is 0 Å². The van der Waals surface area contributed by atoms with E-state index in [4.69, 9.17) is 4.74 Å². The van der Waals surface area contributed by atoms with E-state index in [1.807, 2.05) is 11.8 Å². The van der Waals surface area contributed by atoms with Crippen molar-refractivity contribution in [1.29, 1.82) is 0 Å². The molecule has 2 aliphatic rings. The third kappa shape index (κ3) is 3.89. The van der Waals surface area contributed by atoms with E-state index >= 15 is 0 Å². The molecule has 1 unspecified atom stereocenters. The van der Waals surface area contributed by atoms with Crippen LogP contribution in [0.1, 0.15) is 50.6 Å². The van der Waals surface area contributed by atoms with Gasteiger partial charge in [-0.25, -0.2) is 9.18 Å². The number of nitrogens with zero attached hydrogens (tertiary/aromatic N) is 1. The Balaban J connectivity index is 1.63. The number of benzene rings is 1. The zero-order valence-electron chi connectivity index (χ0n) is 14.4. The Kier molecular flexibility index (Phi) is 5.39. The molecule has 1 aromatic carbocycles. The molecule has 0 aromatic heterocycles. The van der Waals surface area contributed by atoms with Crippen LogP contribution in [0.2, 0.25) is 0 Å². The fraction of sp³-hybridized carbons (Fsp3) is 0.632. The highest BCUT2D eigenvalue weighted by molar-refractivity contribution is 5.75. The molecule has 1 spiro atoms. The van der Waals surface area contributed by atoms with Crippen LogP contribution >= 0.6 is 0 Å². The van der Waals surface area contributed by atoms with Crippen molar-refractivity contribution in [1.82, 2.24) is 10.2 Å². The second-order valence-electron chi connectivity index (χ2n) is 7.10. The Morgan fingerprint density at radius 3 is 2.67 bits per heavy atom. The molecule has 0 aliphatic carbocycles. The van der Waals surface area contributed by atoms with Gasteiger partial charge in [0.25, 0.3) is 0 Å². The van der Waals surface area contributed by atoms with Crippen LogP contribution < -0.4 is 5.32 Å². The van der Waals surface area contributed by atoms with Crippen molar-refractivity contribution in [3.63, 3.8) is 0 Å². The number of hydrogen-bond donors (Lipinski definition) is 1. The highest BCUT2D eigenvalue weighted by atomic mass is 19.1. The lowest BCUT2D eigenvalue weighted by Gasteiger charge is -2.45. The van der Waals surface area contributed by atoms with Crippen molar-refractivity contribution in [2.45, 2.75) is 45.1 Å². The summed E-state index contributed by atoms with van der Waals surface area (Å²) < 4.78 is 18.6. The number of carbonyl (C=O) groups is 1. The Morgan fingerprint density at radius 1 is 1.29 bits per heavy atom. The number of nitrogens with one attached hydrogen (secondary N) is 1. The second kappa shape index (κ2) is 7.51. The van der Waals surface area contributed by atoms with Gasteiger partial charge in [-0.05, 0) is 55.2 Å². The summed E-state index contributed by atoms with van der Waals surface area (Å²) in [6.45, 7) is 5.28. The van der Waals surface area contributed by atoms with E-state index in [2.05, 4.69) is 5.32 Å². The van der Waals surface area contributed by atoms with E-state index in [0.717, 1.165) is 57.6 Å². The first-order chi connectivity index (χ1) is 11.6. The van der Waals surface area contributed by atoms with Crippen LogP contribution in [0, 0.1) is 11.2 Å². The van der Waals surface area contributed by atoms with Gasteiger partial charge in [-0.15, -0.1) is 0 Å². The molecule has 0 radical (unpaired) electrons. The molecule has 4 nitrogen and oxygen atoms in total. The van der Waals surface area contributed by atoms with Gasteiger partial charge in [0.05, 0.1) is 6.04 Å². The summed E-state index contributed by atoms with van der Waals surface area (Å²) in [6, 6.07) is 6.31. The molecule has 2 aliphatic heterocycles. The number of carbonyl (C=O) groups excluding carboxylic acids is 1. The molecule has 0 saturated carbocycles. The van der Waals surface area contributed by atoms with E-state index in [-0.39, 0.29) is 23.3 Å². The minimum absolute atomic E-state index is 0.00302. The highest BCUT2D eigenvalue weighted by Crippen LogP contribution is 2.39. The minimum atomic E-state index is -0.252. The quantitative estimate of drug-likeness (QED) is 0.911. The van der Waals surface area contributed by atoms with E-state index in [0.29, 0.717) is 0 Å². The van der Waals surface area contributed by atoms with Crippen LogP contribution in [0.15, 0.2) is 24.3 Å². The molecule has 2 heterocycles. The number of ether oxygens (including phenoxy) is 1. The SMILES string of the molecule is CCC(NC(=O)N1CCCC2(CCOCC2)C1)c1ccc(F)cc1. The standard InChI is InChI=1S/C19H27FN2O2/c1-2-17(15-4-6-16(20)7-5-15)21-18(23)22-11-3-8-19(14-22)9-12-24-13-10-19/h4-7,17H,2-3,8-14H2,1H3,(H,21,23). The average Bonchev–Trinajstić information content (AvgIpc) is 2.61. The largest absolute Gasteiger partial charge is 0.381 e. The molecule has 1 aromatic rings. The lowest BCUT2D eigenvalue weighted by molar-refractivity contribution is -0.0188. The van der Waals surface area contributed by atoms with Gasteiger partial charge in [0, 0.05) is 26.3 Å².